The molecule has 2 heterocycles. The maximum atomic E-state index is 5.76. The van der Waals surface area contributed by atoms with Gasteiger partial charge in [0.25, 0.3) is 0 Å². The van der Waals surface area contributed by atoms with Crippen molar-refractivity contribution in [2.75, 3.05) is 13.2 Å². The van der Waals surface area contributed by atoms with E-state index in [9.17, 15) is 0 Å². The Morgan fingerprint density at radius 1 is 1.26 bits per heavy atom. The SMILES string of the molecule is CCOC1=NCCc2c(CC)nn(C3CCCC3)c21. The summed E-state index contributed by atoms with van der Waals surface area (Å²) in [6.07, 6.45) is 7.15. The Morgan fingerprint density at radius 3 is 2.74 bits per heavy atom. The predicted molar refractivity (Wildman–Crippen MR) is 75.8 cm³/mol. The van der Waals surface area contributed by atoms with Crippen LogP contribution in [0.15, 0.2) is 4.99 Å². The quantitative estimate of drug-likeness (QED) is 0.839. The van der Waals surface area contributed by atoms with Crippen LogP contribution in [-0.2, 0) is 17.6 Å². The number of hydrogen-bond acceptors (Lipinski definition) is 3. The summed E-state index contributed by atoms with van der Waals surface area (Å²) in [6, 6.07) is 0.554. The molecule has 4 nitrogen and oxygen atoms in total. The molecule has 0 saturated heterocycles. The van der Waals surface area contributed by atoms with Gasteiger partial charge in [0.2, 0.25) is 5.90 Å². The number of ether oxygens (including phenoxy) is 1. The summed E-state index contributed by atoms with van der Waals surface area (Å²) in [5.74, 6) is 0.822. The molecular formula is C15H23N3O. The molecule has 1 saturated carbocycles. The smallest absolute Gasteiger partial charge is 0.235 e. The van der Waals surface area contributed by atoms with E-state index in [2.05, 4.69) is 16.6 Å². The molecule has 0 radical (unpaired) electrons. The Bertz CT molecular complexity index is 484. The molecule has 1 aromatic rings. The molecule has 1 fully saturated rings. The zero-order chi connectivity index (χ0) is 13.2. The number of aromatic nitrogens is 2. The van der Waals surface area contributed by atoms with Crippen LogP contribution in [0.25, 0.3) is 0 Å². The van der Waals surface area contributed by atoms with Crippen LogP contribution in [0.5, 0.6) is 0 Å². The highest BCUT2D eigenvalue weighted by Crippen LogP contribution is 2.33. The Kier molecular flexibility index (Phi) is 3.58. The highest BCUT2D eigenvalue weighted by molar-refractivity contribution is 5.95. The number of aliphatic imine (C=N–C) groups is 1. The zero-order valence-corrected chi connectivity index (χ0v) is 12.0. The lowest BCUT2D eigenvalue weighted by Gasteiger charge is -2.19. The summed E-state index contributed by atoms with van der Waals surface area (Å²) in [5, 5.41) is 4.88. The Labute approximate surface area is 114 Å². The van der Waals surface area contributed by atoms with Crippen LogP contribution < -0.4 is 0 Å². The van der Waals surface area contributed by atoms with Crippen molar-refractivity contribution in [3.63, 3.8) is 0 Å². The highest BCUT2D eigenvalue weighted by atomic mass is 16.5. The molecule has 0 aromatic carbocycles. The van der Waals surface area contributed by atoms with Gasteiger partial charge >= 0.3 is 0 Å². The fourth-order valence-corrected chi connectivity index (χ4v) is 3.30. The van der Waals surface area contributed by atoms with Crippen molar-refractivity contribution in [1.82, 2.24) is 9.78 Å². The first-order valence-corrected chi connectivity index (χ1v) is 7.63. The van der Waals surface area contributed by atoms with Crippen LogP contribution in [0.2, 0.25) is 0 Å². The van der Waals surface area contributed by atoms with E-state index in [1.165, 1.54) is 42.6 Å². The van der Waals surface area contributed by atoms with E-state index >= 15 is 0 Å². The molecule has 0 amide bonds. The number of nitrogens with zero attached hydrogens (tertiary/aromatic N) is 3. The number of hydrogen-bond donors (Lipinski definition) is 0. The largest absolute Gasteiger partial charge is 0.477 e. The summed E-state index contributed by atoms with van der Waals surface area (Å²) in [6.45, 7) is 5.72. The standard InChI is InChI=1S/C15H23N3O/c1-3-13-12-9-10-16-15(19-4-2)14(12)18(17-13)11-7-5-6-8-11/h11H,3-10H2,1-2H3. The van der Waals surface area contributed by atoms with Gasteiger partial charge in [0.1, 0.15) is 5.69 Å². The molecule has 1 aliphatic carbocycles. The van der Waals surface area contributed by atoms with Crippen molar-refractivity contribution in [3.05, 3.63) is 17.0 Å². The zero-order valence-electron chi connectivity index (χ0n) is 12.0. The van der Waals surface area contributed by atoms with Crippen LogP contribution in [0.1, 0.15) is 62.5 Å². The second kappa shape index (κ2) is 5.35. The maximum absolute atomic E-state index is 5.76. The van der Waals surface area contributed by atoms with Gasteiger partial charge in [-0.15, -0.1) is 0 Å². The topological polar surface area (TPSA) is 39.4 Å². The normalized spacial score (nSPS) is 19.4. The number of aryl methyl sites for hydroxylation is 1. The van der Waals surface area contributed by atoms with Gasteiger partial charge in [-0.2, -0.15) is 5.10 Å². The van der Waals surface area contributed by atoms with Gasteiger partial charge < -0.3 is 4.74 Å². The van der Waals surface area contributed by atoms with Crippen LogP contribution in [-0.4, -0.2) is 28.8 Å². The molecule has 0 unspecified atom stereocenters. The van der Waals surface area contributed by atoms with E-state index < -0.39 is 0 Å². The first kappa shape index (κ1) is 12.7. The van der Waals surface area contributed by atoms with Crippen molar-refractivity contribution >= 4 is 5.90 Å². The van der Waals surface area contributed by atoms with Crippen molar-refractivity contribution in [2.24, 2.45) is 4.99 Å². The van der Waals surface area contributed by atoms with Crippen molar-refractivity contribution in [1.29, 1.82) is 0 Å². The van der Waals surface area contributed by atoms with Crippen molar-refractivity contribution < 1.29 is 4.74 Å². The van der Waals surface area contributed by atoms with Crippen LogP contribution >= 0.6 is 0 Å². The summed E-state index contributed by atoms with van der Waals surface area (Å²) < 4.78 is 7.99. The molecule has 3 rings (SSSR count). The Balaban J connectivity index is 2.05. The van der Waals surface area contributed by atoms with Gasteiger partial charge in [-0.3, -0.25) is 4.68 Å². The molecule has 19 heavy (non-hydrogen) atoms. The predicted octanol–water partition coefficient (Wildman–Crippen LogP) is 2.90. The fourth-order valence-electron chi connectivity index (χ4n) is 3.30. The van der Waals surface area contributed by atoms with E-state index in [0.29, 0.717) is 12.6 Å². The minimum absolute atomic E-state index is 0.554. The minimum Gasteiger partial charge on any atom is -0.477 e. The molecule has 1 aromatic heterocycles. The first-order chi connectivity index (χ1) is 9.35. The van der Waals surface area contributed by atoms with E-state index in [1.807, 2.05) is 6.92 Å². The van der Waals surface area contributed by atoms with E-state index in [-0.39, 0.29) is 0 Å². The summed E-state index contributed by atoms with van der Waals surface area (Å²) in [4.78, 5) is 4.57. The van der Waals surface area contributed by atoms with E-state index in [1.54, 1.807) is 0 Å². The van der Waals surface area contributed by atoms with Crippen LogP contribution in [0.3, 0.4) is 0 Å². The average Bonchev–Trinajstić information content (AvgIpc) is 3.06. The summed E-state index contributed by atoms with van der Waals surface area (Å²) in [5.41, 5.74) is 3.80. The van der Waals surface area contributed by atoms with Crippen molar-refractivity contribution in [3.8, 4) is 0 Å². The van der Waals surface area contributed by atoms with Gasteiger partial charge in [0.15, 0.2) is 0 Å². The molecule has 0 bridgehead atoms. The lowest BCUT2D eigenvalue weighted by Crippen LogP contribution is -2.22. The van der Waals surface area contributed by atoms with Gasteiger partial charge in [0, 0.05) is 12.1 Å². The number of rotatable bonds is 3. The monoisotopic (exact) mass is 261 g/mol. The fraction of sp³-hybridized carbons (Fsp3) is 0.733. The van der Waals surface area contributed by atoms with Crippen molar-refractivity contribution in [2.45, 2.75) is 58.4 Å². The minimum atomic E-state index is 0.554. The van der Waals surface area contributed by atoms with Gasteiger partial charge in [-0.25, -0.2) is 4.99 Å². The third-order valence-electron chi connectivity index (χ3n) is 4.20. The molecule has 0 spiro atoms. The molecule has 4 heteroatoms. The Hall–Kier alpha value is -1.32. The van der Waals surface area contributed by atoms with E-state index in [4.69, 9.17) is 9.84 Å². The third-order valence-corrected chi connectivity index (χ3v) is 4.20. The molecular weight excluding hydrogens is 238 g/mol. The van der Waals surface area contributed by atoms with Gasteiger partial charge in [-0.05, 0) is 32.6 Å². The van der Waals surface area contributed by atoms with Gasteiger partial charge in [0.05, 0.1) is 18.3 Å². The lowest BCUT2D eigenvalue weighted by atomic mass is 10.0. The van der Waals surface area contributed by atoms with Gasteiger partial charge in [-0.1, -0.05) is 19.8 Å². The van der Waals surface area contributed by atoms with Crippen LogP contribution in [0, 0.1) is 0 Å². The molecule has 0 N–H and O–H groups in total. The van der Waals surface area contributed by atoms with Crippen LogP contribution in [0.4, 0.5) is 0 Å². The molecule has 1 aliphatic heterocycles. The molecule has 2 aliphatic rings. The average molecular weight is 261 g/mol. The highest BCUT2D eigenvalue weighted by Gasteiger charge is 2.29. The van der Waals surface area contributed by atoms with E-state index in [0.717, 1.165) is 25.3 Å². The lowest BCUT2D eigenvalue weighted by molar-refractivity contribution is 0.319. The third kappa shape index (κ3) is 2.17. The Morgan fingerprint density at radius 2 is 2.05 bits per heavy atom. The number of fused-ring (bicyclic) bond motifs is 1. The second-order valence-corrected chi connectivity index (χ2v) is 5.38. The first-order valence-electron chi connectivity index (χ1n) is 7.63. The summed E-state index contributed by atoms with van der Waals surface area (Å²) >= 11 is 0. The second-order valence-electron chi connectivity index (χ2n) is 5.38. The maximum Gasteiger partial charge on any atom is 0.235 e. The molecule has 104 valence electrons. The molecule has 0 atom stereocenters. The summed E-state index contributed by atoms with van der Waals surface area (Å²) in [7, 11) is 0.